The Balaban J connectivity index is 3.15. The van der Waals surface area contributed by atoms with Gasteiger partial charge in [-0.1, -0.05) is 0 Å². The Bertz CT molecular complexity index is 420. The minimum atomic E-state index is -5.01. The van der Waals surface area contributed by atoms with Crippen molar-refractivity contribution in [2.24, 2.45) is 0 Å². The molecule has 0 radical (unpaired) electrons. The molecular weight excluding hydrogens is 279 g/mol. The highest BCUT2D eigenvalue weighted by molar-refractivity contribution is 7.82. The van der Waals surface area contributed by atoms with Crippen LogP contribution in [0.5, 0.6) is 0 Å². The lowest BCUT2D eigenvalue weighted by molar-refractivity contribution is -0.268. The maximum atomic E-state index is 12.8. The van der Waals surface area contributed by atoms with E-state index < -0.39 is 29.0 Å². The summed E-state index contributed by atoms with van der Waals surface area (Å²) < 4.78 is 42.6. The third-order valence-corrected chi connectivity index (χ3v) is 3.34. The first kappa shape index (κ1) is 14.3. The molecule has 1 aromatic heterocycles. The highest BCUT2D eigenvalue weighted by atomic mass is 32.2. The van der Waals surface area contributed by atoms with Crippen LogP contribution in [0.15, 0.2) is 10.5 Å². The fraction of sp³-hybridized carbons (Fsp3) is 0.500. The Morgan fingerprint density at radius 1 is 1.65 bits per heavy atom. The van der Waals surface area contributed by atoms with Crippen molar-refractivity contribution in [1.29, 1.82) is 0 Å². The second-order valence-electron chi connectivity index (χ2n) is 3.12. The Morgan fingerprint density at radius 3 is 2.59 bits per heavy atom. The number of carbonyl (C=O) groups is 1. The van der Waals surface area contributed by atoms with Gasteiger partial charge in [0.05, 0.1) is 18.4 Å². The third kappa shape index (κ3) is 2.90. The van der Waals surface area contributed by atoms with E-state index in [2.05, 4.69) is 22.3 Å². The average molecular weight is 287 g/mol. The summed E-state index contributed by atoms with van der Waals surface area (Å²) in [6, 6.07) is 0. The molecule has 9 heteroatoms. The molecule has 0 saturated heterocycles. The van der Waals surface area contributed by atoms with Gasteiger partial charge < -0.3 is 9.84 Å². The number of carbonyl (C=O) groups excluding carboxylic acids is 1. The lowest BCUT2D eigenvalue weighted by Crippen LogP contribution is -2.43. The fourth-order valence-electron chi connectivity index (χ4n) is 1.06. The number of alkyl halides is 3. The first-order valence-electron chi connectivity index (χ1n) is 4.22. The lowest BCUT2D eigenvalue weighted by atomic mass is 9.97. The standard InChI is InChI=1S/C8H8F3NO3S2/c1-15-5(13)2-7(14,8(9,10)11)4-3-12-6(16)17-4/h3,14H,2H2,1H3,(H,12,16)/t7-/m0/s1. The van der Waals surface area contributed by atoms with Crippen LogP contribution in [0.4, 0.5) is 13.2 Å². The summed E-state index contributed by atoms with van der Waals surface area (Å²) in [6.45, 7) is 0. The van der Waals surface area contributed by atoms with Gasteiger partial charge in [-0.25, -0.2) is 4.98 Å². The van der Waals surface area contributed by atoms with Crippen molar-refractivity contribution >= 4 is 29.9 Å². The second-order valence-corrected chi connectivity index (χ2v) is 4.87. The maximum absolute atomic E-state index is 12.8. The second kappa shape index (κ2) is 4.83. The van der Waals surface area contributed by atoms with Gasteiger partial charge in [0.1, 0.15) is 4.34 Å². The molecule has 17 heavy (non-hydrogen) atoms. The molecule has 0 bridgehead atoms. The number of hydrogen-bond donors (Lipinski definition) is 2. The van der Waals surface area contributed by atoms with Crippen LogP contribution in [-0.4, -0.2) is 29.3 Å². The van der Waals surface area contributed by atoms with E-state index in [9.17, 15) is 23.1 Å². The van der Waals surface area contributed by atoms with Crippen LogP contribution in [0.3, 0.4) is 0 Å². The minimum Gasteiger partial charge on any atom is -0.469 e. The van der Waals surface area contributed by atoms with Gasteiger partial charge in [-0.15, -0.1) is 24.0 Å². The monoisotopic (exact) mass is 287 g/mol. The van der Waals surface area contributed by atoms with Crippen molar-refractivity contribution in [2.75, 3.05) is 7.11 Å². The van der Waals surface area contributed by atoms with Crippen molar-refractivity contribution in [2.45, 2.75) is 22.5 Å². The molecule has 0 aliphatic rings. The van der Waals surface area contributed by atoms with Gasteiger partial charge in [-0.3, -0.25) is 4.79 Å². The summed E-state index contributed by atoms with van der Waals surface area (Å²) in [5, 5.41) is 9.64. The number of aliphatic hydroxyl groups is 1. The molecule has 1 atom stereocenters. The van der Waals surface area contributed by atoms with Gasteiger partial charge in [-0.2, -0.15) is 13.2 Å². The maximum Gasteiger partial charge on any atom is 0.422 e. The van der Waals surface area contributed by atoms with Crippen LogP contribution in [0.1, 0.15) is 11.3 Å². The molecule has 4 nitrogen and oxygen atoms in total. The summed E-state index contributed by atoms with van der Waals surface area (Å²) in [5.74, 6) is -1.17. The predicted octanol–water partition coefficient (Wildman–Crippen LogP) is 1.74. The van der Waals surface area contributed by atoms with E-state index in [-0.39, 0.29) is 4.34 Å². The van der Waals surface area contributed by atoms with E-state index in [0.717, 1.165) is 13.3 Å². The average Bonchev–Trinajstić information content (AvgIpc) is 2.63. The van der Waals surface area contributed by atoms with E-state index in [1.807, 2.05) is 0 Å². The lowest BCUT2D eigenvalue weighted by Gasteiger charge is -2.27. The van der Waals surface area contributed by atoms with Crippen LogP contribution in [0.2, 0.25) is 0 Å². The summed E-state index contributed by atoms with van der Waals surface area (Å²) in [4.78, 5) is 13.9. The smallest absolute Gasteiger partial charge is 0.422 e. The quantitative estimate of drug-likeness (QED) is 0.657. The molecule has 0 aliphatic heterocycles. The van der Waals surface area contributed by atoms with Gasteiger partial charge in [0.25, 0.3) is 0 Å². The van der Waals surface area contributed by atoms with Gasteiger partial charge in [0, 0.05) is 6.20 Å². The van der Waals surface area contributed by atoms with E-state index >= 15 is 0 Å². The number of nitrogens with zero attached hydrogens (tertiary/aromatic N) is 1. The van der Waals surface area contributed by atoms with Crippen molar-refractivity contribution in [3.8, 4) is 0 Å². The van der Waals surface area contributed by atoms with E-state index in [4.69, 9.17) is 0 Å². The van der Waals surface area contributed by atoms with Gasteiger partial charge >= 0.3 is 12.1 Å². The van der Waals surface area contributed by atoms with Crippen LogP contribution in [0, 0.1) is 0 Å². The van der Waals surface area contributed by atoms with Crippen molar-refractivity contribution < 1.29 is 27.8 Å². The normalized spacial score (nSPS) is 15.4. The highest BCUT2D eigenvalue weighted by Gasteiger charge is 2.57. The number of ether oxygens (including phenoxy) is 1. The summed E-state index contributed by atoms with van der Waals surface area (Å²) in [5.41, 5.74) is -3.29. The molecule has 1 rings (SSSR count). The Hall–Kier alpha value is -0.800. The topological polar surface area (TPSA) is 59.4 Å². The van der Waals surface area contributed by atoms with Crippen molar-refractivity contribution in [1.82, 2.24) is 4.98 Å². The van der Waals surface area contributed by atoms with Crippen LogP contribution in [0.25, 0.3) is 0 Å². The Morgan fingerprint density at radius 2 is 2.24 bits per heavy atom. The Kier molecular flexibility index (Phi) is 4.05. The molecule has 0 spiro atoms. The predicted molar refractivity (Wildman–Crippen MR) is 56.0 cm³/mol. The molecular formula is C8H8F3NO3S2. The van der Waals surface area contributed by atoms with Crippen molar-refractivity contribution in [3.05, 3.63) is 11.1 Å². The number of thiazole rings is 1. The number of esters is 1. The van der Waals surface area contributed by atoms with E-state index in [1.165, 1.54) is 0 Å². The first-order valence-corrected chi connectivity index (χ1v) is 5.48. The molecule has 1 N–H and O–H groups in total. The summed E-state index contributed by atoms with van der Waals surface area (Å²) in [7, 11) is 0.940. The molecule has 0 aliphatic carbocycles. The third-order valence-electron chi connectivity index (χ3n) is 2.00. The zero-order valence-corrected chi connectivity index (χ0v) is 10.2. The number of rotatable bonds is 3. The fourth-order valence-corrected chi connectivity index (χ4v) is 2.18. The van der Waals surface area contributed by atoms with Crippen LogP contribution < -0.4 is 0 Å². The van der Waals surface area contributed by atoms with E-state index in [0.29, 0.717) is 11.3 Å². The minimum absolute atomic E-state index is 0.0625. The molecule has 0 aromatic carbocycles. The van der Waals surface area contributed by atoms with Gasteiger partial charge in [0.2, 0.25) is 5.60 Å². The van der Waals surface area contributed by atoms with Crippen LogP contribution >= 0.6 is 24.0 Å². The zero-order chi connectivity index (χ0) is 13.3. The van der Waals surface area contributed by atoms with Crippen LogP contribution in [-0.2, 0) is 15.1 Å². The first-order chi connectivity index (χ1) is 7.70. The molecule has 1 aromatic rings. The number of methoxy groups -OCH3 is 1. The van der Waals surface area contributed by atoms with Crippen molar-refractivity contribution in [3.63, 3.8) is 0 Å². The number of thiol groups is 1. The molecule has 1 heterocycles. The molecule has 0 unspecified atom stereocenters. The molecule has 0 saturated carbocycles. The number of hydrogen-bond acceptors (Lipinski definition) is 6. The number of halogens is 3. The van der Waals surface area contributed by atoms with E-state index in [1.54, 1.807) is 0 Å². The number of aromatic nitrogens is 1. The largest absolute Gasteiger partial charge is 0.469 e. The molecule has 96 valence electrons. The highest BCUT2D eigenvalue weighted by Crippen LogP contribution is 2.44. The molecule has 0 amide bonds. The van der Waals surface area contributed by atoms with Gasteiger partial charge in [-0.05, 0) is 0 Å². The summed E-state index contributed by atoms with van der Waals surface area (Å²) >= 11 is 4.31. The zero-order valence-electron chi connectivity index (χ0n) is 8.48. The molecule has 0 fully saturated rings. The Labute approximate surface area is 104 Å². The van der Waals surface area contributed by atoms with Gasteiger partial charge in [0.15, 0.2) is 0 Å². The summed E-state index contributed by atoms with van der Waals surface area (Å²) in [6.07, 6.45) is -5.39. The SMILES string of the molecule is COC(=O)C[C@](O)(c1cnc(S)s1)C(F)(F)F.